The first-order valence-electron chi connectivity index (χ1n) is 7.16. The molecule has 0 radical (unpaired) electrons. The molecule has 0 aliphatic heterocycles. The Kier molecular flexibility index (Phi) is 2.96. The second kappa shape index (κ2) is 4.89. The van der Waals surface area contributed by atoms with E-state index < -0.39 is 0 Å². The molecule has 0 atom stereocenters. The molecular weight excluding hydrogens is 310 g/mol. The first kappa shape index (κ1) is 13.9. The van der Waals surface area contributed by atoms with Crippen LogP contribution in [0.25, 0.3) is 26.4 Å². The Hall–Kier alpha value is -2.73. The molecule has 6 heteroatoms. The molecule has 114 valence electrons. The van der Waals surface area contributed by atoms with Gasteiger partial charge in [-0.1, -0.05) is 23.5 Å². The number of benzene rings is 2. The molecule has 0 fully saturated rings. The summed E-state index contributed by atoms with van der Waals surface area (Å²) in [5.74, 6) is 0. The van der Waals surface area contributed by atoms with Crippen LogP contribution in [0.15, 0.2) is 42.6 Å². The Bertz CT molecular complexity index is 1080. The van der Waals surface area contributed by atoms with Gasteiger partial charge >= 0.3 is 0 Å². The molecule has 0 bridgehead atoms. The van der Waals surface area contributed by atoms with E-state index in [-0.39, 0.29) is 10.6 Å². The van der Waals surface area contributed by atoms with Gasteiger partial charge in [0.1, 0.15) is 0 Å². The molecule has 0 amide bonds. The van der Waals surface area contributed by atoms with Crippen molar-refractivity contribution >= 4 is 32.2 Å². The summed E-state index contributed by atoms with van der Waals surface area (Å²) < 4.78 is 2.86. The minimum atomic E-state index is -0.373. The van der Waals surface area contributed by atoms with Gasteiger partial charge in [0.25, 0.3) is 5.69 Å². The number of nitro groups is 1. The van der Waals surface area contributed by atoms with E-state index in [0.29, 0.717) is 0 Å². The Balaban J connectivity index is 1.88. The summed E-state index contributed by atoms with van der Waals surface area (Å²) in [7, 11) is 0. The van der Waals surface area contributed by atoms with Gasteiger partial charge in [-0.25, -0.2) is 4.98 Å². The minimum absolute atomic E-state index is 0.108. The lowest BCUT2D eigenvalue weighted by atomic mass is 10.1. The van der Waals surface area contributed by atoms with E-state index >= 15 is 0 Å². The van der Waals surface area contributed by atoms with E-state index in [1.165, 1.54) is 28.5 Å². The van der Waals surface area contributed by atoms with Crippen LogP contribution in [0.1, 0.15) is 11.1 Å². The minimum Gasteiger partial charge on any atom is -0.290 e. The summed E-state index contributed by atoms with van der Waals surface area (Å²) in [6, 6.07) is 11.2. The molecule has 4 aromatic rings. The van der Waals surface area contributed by atoms with Crippen molar-refractivity contribution in [2.75, 3.05) is 0 Å². The third-order valence-electron chi connectivity index (χ3n) is 4.09. The molecule has 0 aliphatic carbocycles. The number of thiazole rings is 1. The summed E-state index contributed by atoms with van der Waals surface area (Å²) in [5, 5.41) is 10.9. The quantitative estimate of drug-likeness (QED) is 0.395. The molecule has 4 rings (SSSR count). The van der Waals surface area contributed by atoms with Gasteiger partial charge in [-0.05, 0) is 37.1 Å². The summed E-state index contributed by atoms with van der Waals surface area (Å²) in [6.45, 7) is 4.18. The summed E-state index contributed by atoms with van der Waals surface area (Å²) in [6.07, 6.45) is 1.99. The monoisotopic (exact) mass is 323 g/mol. The zero-order valence-corrected chi connectivity index (χ0v) is 13.4. The summed E-state index contributed by atoms with van der Waals surface area (Å²) in [4.78, 5) is 16.0. The molecule has 0 unspecified atom stereocenters. The lowest BCUT2D eigenvalue weighted by molar-refractivity contribution is -0.384. The number of nitrogens with zero attached hydrogens (tertiary/aromatic N) is 3. The third-order valence-corrected chi connectivity index (χ3v) is 5.11. The van der Waals surface area contributed by atoms with Crippen LogP contribution in [-0.2, 0) is 0 Å². The highest BCUT2D eigenvalue weighted by atomic mass is 32.1. The zero-order valence-electron chi connectivity index (χ0n) is 12.6. The molecule has 2 aromatic carbocycles. The largest absolute Gasteiger partial charge is 0.290 e. The molecular formula is C17H13N3O2S. The van der Waals surface area contributed by atoms with E-state index in [9.17, 15) is 10.1 Å². The summed E-state index contributed by atoms with van der Waals surface area (Å²) in [5.41, 5.74) is 5.54. The molecule has 23 heavy (non-hydrogen) atoms. The van der Waals surface area contributed by atoms with Crippen LogP contribution in [0.4, 0.5) is 5.69 Å². The number of nitro benzene ring substituents is 1. The molecule has 0 saturated carbocycles. The zero-order chi connectivity index (χ0) is 16.1. The standard InChI is InChI=1S/C17H13N3O2S/c1-10-3-4-12(7-11(10)2)14-9-19-15-6-5-13(20(21)22)8-16(15)23-17(19)18-14/h3-9H,1-2H3. The topological polar surface area (TPSA) is 60.4 Å². The fraction of sp³-hybridized carbons (Fsp3) is 0.118. The van der Waals surface area contributed by atoms with E-state index in [2.05, 4.69) is 37.0 Å². The molecule has 0 spiro atoms. The number of aromatic nitrogens is 2. The van der Waals surface area contributed by atoms with E-state index in [1.54, 1.807) is 12.1 Å². The van der Waals surface area contributed by atoms with Gasteiger partial charge < -0.3 is 0 Å². The van der Waals surface area contributed by atoms with Crippen molar-refractivity contribution in [1.82, 2.24) is 9.38 Å². The van der Waals surface area contributed by atoms with Gasteiger partial charge in [-0.3, -0.25) is 14.5 Å². The number of rotatable bonds is 2. The third kappa shape index (κ3) is 2.19. The lowest BCUT2D eigenvalue weighted by Gasteiger charge is -2.02. The van der Waals surface area contributed by atoms with E-state index in [0.717, 1.165) is 26.4 Å². The van der Waals surface area contributed by atoms with Crippen LogP contribution in [-0.4, -0.2) is 14.3 Å². The van der Waals surface area contributed by atoms with Crippen molar-refractivity contribution in [3.05, 3.63) is 63.8 Å². The van der Waals surface area contributed by atoms with Crippen LogP contribution < -0.4 is 0 Å². The van der Waals surface area contributed by atoms with Crippen molar-refractivity contribution < 1.29 is 4.92 Å². The van der Waals surface area contributed by atoms with Gasteiger partial charge in [-0.2, -0.15) is 0 Å². The second-order valence-electron chi connectivity index (χ2n) is 5.59. The molecule has 0 aliphatic rings. The predicted molar refractivity (Wildman–Crippen MR) is 92.1 cm³/mol. The number of hydrogen-bond acceptors (Lipinski definition) is 4. The van der Waals surface area contributed by atoms with Crippen molar-refractivity contribution in [3.63, 3.8) is 0 Å². The second-order valence-corrected chi connectivity index (χ2v) is 6.60. The Labute approximate surface area is 136 Å². The van der Waals surface area contributed by atoms with Crippen LogP contribution in [0.2, 0.25) is 0 Å². The highest BCUT2D eigenvalue weighted by Crippen LogP contribution is 2.32. The van der Waals surface area contributed by atoms with E-state index in [4.69, 9.17) is 0 Å². The molecule has 5 nitrogen and oxygen atoms in total. The van der Waals surface area contributed by atoms with Crippen molar-refractivity contribution in [2.24, 2.45) is 0 Å². The maximum Gasteiger partial charge on any atom is 0.270 e. The number of hydrogen-bond donors (Lipinski definition) is 0. The van der Waals surface area contributed by atoms with Gasteiger partial charge in [0.15, 0.2) is 4.96 Å². The van der Waals surface area contributed by atoms with Crippen molar-refractivity contribution in [2.45, 2.75) is 13.8 Å². The number of aryl methyl sites for hydroxylation is 2. The van der Waals surface area contributed by atoms with Crippen LogP contribution >= 0.6 is 11.3 Å². The van der Waals surface area contributed by atoms with Gasteiger partial charge in [-0.15, -0.1) is 0 Å². The average Bonchev–Trinajstić information content (AvgIpc) is 3.06. The maximum atomic E-state index is 10.9. The molecule has 2 aromatic heterocycles. The highest BCUT2D eigenvalue weighted by Gasteiger charge is 2.13. The normalized spacial score (nSPS) is 11.4. The van der Waals surface area contributed by atoms with Crippen LogP contribution in [0.5, 0.6) is 0 Å². The van der Waals surface area contributed by atoms with Gasteiger partial charge in [0.2, 0.25) is 0 Å². The van der Waals surface area contributed by atoms with Gasteiger partial charge in [0, 0.05) is 23.9 Å². The Morgan fingerprint density at radius 1 is 1.13 bits per heavy atom. The number of fused-ring (bicyclic) bond motifs is 3. The van der Waals surface area contributed by atoms with Crippen molar-refractivity contribution in [1.29, 1.82) is 0 Å². The lowest BCUT2D eigenvalue weighted by Crippen LogP contribution is -1.87. The summed E-state index contributed by atoms with van der Waals surface area (Å²) >= 11 is 1.46. The van der Waals surface area contributed by atoms with E-state index in [1.807, 2.05) is 10.6 Å². The highest BCUT2D eigenvalue weighted by molar-refractivity contribution is 7.23. The number of non-ortho nitro benzene ring substituents is 1. The van der Waals surface area contributed by atoms with Crippen LogP contribution in [0.3, 0.4) is 0 Å². The Morgan fingerprint density at radius 2 is 1.96 bits per heavy atom. The predicted octanol–water partition coefficient (Wildman–Crippen LogP) is 4.74. The maximum absolute atomic E-state index is 10.9. The first-order chi connectivity index (χ1) is 11.0. The number of imidazole rings is 1. The smallest absolute Gasteiger partial charge is 0.270 e. The Morgan fingerprint density at radius 3 is 2.70 bits per heavy atom. The molecule has 2 heterocycles. The molecule has 0 saturated heterocycles. The SMILES string of the molecule is Cc1ccc(-c2cn3c(n2)sc2cc([N+](=O)[O-])ccc23)cc1C. The first-order valence-corrected chi connectivity index (χ1v) is 7.98. The van der Waals surface area contributed by atoms with Crippen LogP contribution in [0, 0.1) is 24.0 Å². The fourth-order valence-electron chi connectivity index (χ4n) is 2.64. The van der Waals surface area contributed by atoms with Gasteiger partial charge in [0.05, 0.1) is 20.8 Å². The fourth-order valence-corrected chi connectivity index (χ4v) is 3.68. The van der Waals surface area contributed by atoms with Crippen molar-refractivity contribution in [3.8, 4) is 11.3 Å². The molecule has 0 N–H and O–H groups in total. The average molecular weight is 323 g/mol.